The monoisotopic (exact) mass is 448 g/mol. The van der Waals surface area contributed by atoms with Gasteiger partial charge in [0.15, 0.2) is 5.96 Å². The van der Waals surface area contributed by atoms with E-state index >= 15 is 0 Å². The lowest BCUT2D eigenvalue weighted by molar-refractivity contribution is -0.114. The zero-order valence-corrected chi connectivity index (χ0v) is 17.5. The lowest BCUT2D eigenvalue weighted by Crippen LogP contribution is -2.38. The summed E-state index contributed by atoms with van der Waals surface area (Å²) in [5, 5.41) is 6.12. The van der Waals surface area contributed by atoms with Gasteiger partial charge in [-0.3, -0.25) is 9.79 Å². The summed E-state index contributed by atoms with van der Waals surface area (Å²) in [6, 6.07) is 5.73. The van der Waals surface area contributed by atoms with Crippen molar-refractivity contribution in [2.75, 3.05) is 33.1 Å². The van der Waals surface area contributed by atoms with Crippen LogP contribution in [-0.4, -0.2) is 44.5 Å². The second-order valence-corrected chi connectivity index (χ2v) is 5.39. The van der Waals surface area contributed by atoms with Crippen LogP contribution in [0.5, 0.6) is 5.75 Å². The molecular formula is C17H29IN4O2. The third-order valence-electron chi connectivity index (χ3n) is 3.45. The number of halogens is 1. The molecule has 0 aliphatic carbocycles. The molecule has 2 N–H and O–H groups in total. The van der Waals surface area contributed by atoms with Crippen LogP contribution in [0.15, 0.2) is 23.2 Å². The van der Waals surface area contributed by atoms with Gasteiger partial charge in [0.25, 0.3) is 0 Å². The summed E-state index contributed by atoms with van der Waals surface area (Å²) in [6.45, 7) is 5.25. The van der Waals surface area contributed by atoms with Gasteiger partial charge < -0.3 is 20.3 Å². The minimum absolute atomic E-state index is 0. The maximum atomic E-state index is 11.3. The third kappa shape index (κ3) is 7.37. The van der Waals surface area contributed by atoms with Gasteiger partial charge in [-0.15, -0.1) is 24.0 Å². The molecule has 0 aromatic heterocycles. The van der Waals surface area contributed by atoms with E-state index in [1.165, 1.54) is 6.92 Å². The third-order valence-corrected chi connectivity index (χ3v) is 3.45. The van der Waals surface area contributed by atoms with Crippen molar-refractivity contribution in [3.63, 3.8) is 0 Å². The number of nitrogens with zero attached hydrogens (tertiary/aromatic N) is 2. The highest BCUT2D eigenvalue weighted by Gasteiger charge is 2.08. The number of anilines is 1. The van der Waals surface area contributed by atoms with E-state index in [1.54, 1.807) is 14.2 Å². The average Bonchev–Trinajstić information content (AvgIpc) is 2.53. The Morgan fingerprint density at radius 1 is 1.38 bits per heavy atom. The van der Waals surface area contributed by atoms with Gasteiger partial charge in [-0.25, -0.2) is 0 Å². The molecule has 136 valence electrons. The number of unbranched alkanes of at least 4 members (excludes halogenated alkanes) is 1. The van der Waals surface area contributed by atoms with Crippen molar-refractivity contribution in [2.45, 2.75) is 33.2 Å². The SMILES string of the molecule is CCCCN(C)C(=NC)NCc1ccc(OC)c(NC(C)=O)c1.I. The van der Waals surface area contributed by atoms with E-state index in [4.69, 9.17) is 4.74 Å². The lowest BCUT2D eigenvalue weighted by Gasteiger charge is -2.22. The quantitative estimate of drug-likeness (QED) is 0.382. The number of carbonyl (C=O) groups is 1. The fourth-order valence-electron chi connectivity index (χ4n) is 2.22. The fourth-order valence-corrected chi connectivity index (χ4v) is 2.22. The van der Waals surface area contributed by atoms with Crippen molar-refractivity contribution in [3.05, 3.63) is 23.8 Å². The van der Waals surface area contributed by atoms with Crippen LogP contribution in [0.1, 0.15) is 32.3 Å². The van der Waals surface area contributed by atoms with E-state index in [2.05, 4.69) is 27.4 Å². The molecule has 0 saturated carbocycles. The molecule has 0 bridgehead atoms. The van der Waals surface area contributed by atoms with E-state index in [9.17, 15) is 4.79 Å². The first-order chi connectivity index (χ1) is 11.0. The van der Waals surface area contributed by atoms with Crippen LogP contribution >= 0.6 is 24.0 Å². The van der Waals surface area contributed by atoms with Crippen molar-refractivity contribution in [2.24, 2.45) is 4.99 Å². The molecule has 1 rings (SSSR count). The largest absolute Gasteiger partial charge is 0.495 e. The number of guanidine groups is 1. The summed E-state index contributed by atoms with van der Waals surface area (Å²) in [4.78, 5) is 17.7. The molecule has 0 fully saturated rings. The number of nitrogens with one attached hydrogen (secondary N) is 2. The van der Waals surface area contributed by atoms with Crippen molar-refractivity contribution in [1.29, 1.82) is 0 Å². The molecule has 0 unspecified atom stereocenters. The molecule has 0 atom stereocenters. The van der Waals surface area contributed by atoms with Crippen molar-refractivity contribution in [1.82, 2.24) is 10.2 Å². The molecule has 7 heteroatoms. The molecular weight excluding hydrogens is 419 g/mol. The molecule has 1 aromatic rings. The van der Waals surface area contributed by atoms with Gasteiger partial charge in [0.05, 0.1) is 12.8 Å². The summed E-state index contributed by atoms with van der Waals surface area (Å²) < 4.78 is 5.26. The number of aliphatic imine (C=N–C) groups is 1. The normalized spacial score (nSPS) is 10.6. The zero-order valence-electron chi connectivity index (χ0n) is 15.2. The van der Waals surface area contributed by atoms with E-state index in [0.29, 0.717) is 18.0 Å². The predicted molar refractivity (Wildman–Crippen MR) is 110 cm³/mol. The summed E-state index contributed by atoms with van der Waals surface area (Å²) in [6.07, 6.45) is 2.28. The zero-order chi connectivity index (χ0) is 17.2. The summed E-state index contributed by atoms with van der Waals surface area (Å²) >= 11 is 0. The number of hydrogen-bond acceptors (Lipinski definition) is 3. The van der Waals surface area contributed by atoms with E-state index in [1.807, 2.05) is 25.2 Å². The molecule has 0 radical (unpaired) electrons. The molecule has 1 amide bonds. The van der Waals surface area contributed by atoms with Crippen LogP contribution in [-0.2, 0) is 11.3 Å². The summed E-state index contributed by atoms with van der Waals surface area (Å²) in [5.74, 6) is 1.38. The summed E-state index contributed by atoms with van der Waals surface area (Å²) in [5.41, 5.74) is 1.72. The second-order valence-electron chi connectivity index (χ2n) is 5.39. The Morgan fingerprint density at radius 2 is 2.08 bits per heavy atom. The highest BCUT2D eigenvalue weighted by atomic mass is 127. The number of amides is 1. The molecule has 0 spiro atoms. The van der Waals surface area contributed by atoms with Gasteiger partial charge >= 0.3 is 0 Å². The molecule has 1 aromatic carbocycles. The van der Waals surface area contributed by atoms with Crippen LogP contribution < -0.4 is 15.4 Å². The van der Waals surface area contributed by atoms with Gasteiger partial charge in [-0.1, -0.05) is 19.4 Å². The Balaban J connectivity index is 0.00000529. The van der Waals surface area contributed by atoms with E-state index < -0.39 is 0 Å². The summed E-state index contributed by atoms with van der Waals surface area (Å²) in [7, 11) is 5.40. The Labute approximate surface area is 162 Å². The van der Waals surface area contributed by atoms with Crippen LogP contribution in [0.4, 0.5) is 5.69 Å². The van der Waals surface area contributed by atoms with Gasteiger partial charge in [-0.2, -0.15) is 0 Å². The minimum Gasteiger partial charge on any atom is -0.495 e. The van der Waals surface area contributed by atoms with Crippen LogP contribution in [0, 0.1) is 0 Å². The van der Waals surface area contributed by atoms with E-state index in [-0.39, 0.29) is 29.9 Å². The number of rotatable bonds is 7. The number of ether oxygens (including phenoxy) is 1. The topological polar surface area (TPSA) is 66.0 Å². The van der Waals surface area contributed by atoms with Gasteiger partial charge in [0.1, 0.15) is 5.75 Å². The average molecular weight is 448 g/mol. The Hall–Kier alpha value is -1.51. The highest BCUT2D eigenvalue weighted by molar-refractivity contribution is 14.0. The van der Waals surface area contributed by atoms with Crippen LogP contribution in [0.2, 0.25) is 0 Å². The number of benzene rings is 1. The Morgan fingerprint density at radius 3 is 2.62 bits per heavy atom. The van der Waals surface area contributed by atoms with Gasteiger partial charge in [0, 0.05) is 34.1 Å². The number of hydrogen-bond donors (Lipinski definition) is 2. The van der Waals surface area contributed by atoms with Crippen molar-refractivity contribution >= 4 is 41.5 Å². The molecule has 6 nitrogen and oxygen atoms in total. The lowest BCUT2D eigenvalue weighted by atomic mass is 10.2. The first-order valence-corrected chi connectivity index (χ1v) is 7.88. The van der Waals surface area contributed by atoms with E-state index in [0.717, 1.165) is 30.9 Å². The Bertz CT molecular complexity index is 549. The maximum absolute atomic E-state index is 11.3. The maximum Gasteiger partial charge on any atom is 0.221 e. The standard InChI is InChI=1S/C17H28N4O2.HI/c1-6-7-10-21(4)17(18-3)19-12-14-8-9-16(23-5)15(11-14)20-13(2)22;/h8-9,11H,6-7,10,12H2,1-5H3,(H,18,19)(H,20,22);1H. The number of methoxy groups -OCH3 is 1. The molecule has 0 aliphatic heterocycles. The first-order valence-electron chi connectivity index (χ1n) is 7.88. The second kappa shape index (κ2) is 11.9. The minimum atomic E-state index is -0.122. The van der Waals surface area contributed by atoms with Gasteiger partial charge in [-0.05, 0) is 24.1 Å². The highest BCUT2D eigenvalue weighted by Crippen LogP contribution is 2.25. The van der Waals surface area contributed by atoms with Crippen molar-refractivity contribution < 1.29 is 9.53 Å². The van der Waals surface area contributed by atoms with Gasteiger partial charge in [0.2, 0.25) is 5.91 Å². The van der Waals surface area contributed by atoms with Crippen LogP contribution in [0.3, 0.4) is 0 Å². The molecule has 0 aliphatic rings. The molecule has 0 saturated heterocycles. The fraction of sp³-hybridized carbons (Fsp3) is 0.529. The first kappa shape index (κ1) is 22.5. The van der Waals surface area contributed by atoms with Crippen molar-refractivity contribution in [3.8, 4) is 5.75 Å². The van der Waals surface area contributed by atoms with Crippen LogP contribution in [0.25, 0.3) is 0 Å². The molecule has 24 heavy (non-hydrogen) atoms. The predicted octanol–water partition coefficient (Wildman–Crippen LogP) is 3.08. The number of carbonyl (C=O) groups excluding carboxylic acids is 1. The Kier molecular flexibility index (Phi) is 11.2. The molecule has 0 heterocycles. The smallest absolute Gasteiger partial charge is 0.221 e.